The van der Waals surface area contributed by atoms with Crippen molar-refractivity contribution in [1.29, 1.82) is 0 Å². The lowest BCUT2D eigenvalue weighted by atomic mass is 10.1. The number of pyridine rings is 1. The van der Waals surface area contributed by atoms with Gasteiger partial charge in [0.25, 0.3) is 0 Å². The zero-order valence-corrected chi connectivity index (χ0v) is 13.3. The van der Waals surface area contributed by atoms with E-state index < -0.39 is 0 Å². The van der Waals surface area contributed by atoms with Crippen LogP contribution in [0.2, 0.25) is 0 Å². The van der Waals surface area contributed by atoms with Gasteiger partial charge in [-0.05, 0) is 47.8 Å². The third kappa shape index (κ3) is 3.95. The molecule has 3 nitrogen and oxygen atoms in total. The summed E-state index contributed by atoms with van der Waals surface area (Å²) in [5.41, 5.74) is 1.03. The molecule has 0 aromatic carbocycles. The number of rotatable bonds is 7. The lowest BCUT2D eigenvalue weighted by Gasteiger charge is -2.31. The summed E-state index contributed by atoms with van der Waals surface area (Å²) in [6.07, 6.45) is 2.24. The Morgan fingerprint density at radius 3 is 2.50 bits per heavy atom. The molecular weight excluding hydrogens is 292 g/mol. The zero-order valence-electron chi connectivity index (χ0n) is 11.7. The number of hydrogen-bond acceptors (Lipinski definition) is 3. The van der Waals surface area contributed by atoms with Gasteiger partial charge in [0, 0.05) is 24.2 Å². The number of nitrogens with zero attached hydrogens (tertiary/aromatic N) is 2. The summed E-state index contributed by atoms with van der Waals surface area (Å²) in [4.78, 5) is 7.02. The lowest BCUT2D eigenvalue weighted by Crippen LogP contribution is -2.37. The minimum Gasteiger partial charge on any atom is -0.383 e. The van der Waals surface area contributed by atoms with E-state index in [4.69, 9.17) is 4.74 Å². The molecule has 0 spiro atoms. The molecule has 0 atom stereocenters. The van der Waals surface area contributed by atoms with E-state index in [0.29, 0.717) is 6.04 Å². The van der Waals surface area contributed by atoms with Crippen molar-refractivity contribution < 1.29 is 4.74 Å². The van der Waals surface area contributed by atoms with Crippen LogP contribution in [0.1, 0.15) is 32.4 Å². The minimum absolute atomic E-state index is 0.522. The van der Waals surface area contributed by atoms with Crippen LogP contribution >= 0.6 is 15.9 Å². The van der Waals surface area contributed by atoms with Crippen LogP contribution in [0.25, 0.3) is 0 Å². The van der Waals surface area contributed by atoms with E-state index in [1.54, 1.807) is 7.11 Å². The van der Waals surface area contributed by atoms with E-state index in [1.807, 2.05) is 6.92 Å². The Morgan fingerprint density at radius 1 is 1.33 bits per heavy atom. The Hall–Kier alpha value is -0.610. The molecule has 1 aromatic heterocycles. The van der Waals surface area contributed by atoms with Crippen LogP contribution < -0.4 is 4.90 Å². The van der Waals surface area contributed by atoms with Gasteiger partial charge in [0.15, 0.2) is 0 Å². The fourth-order valence-electron chi connectivity index (χ4n) is 2.09. The van der Waals surface area contributed by atoms with Crippen molar-refractivity contribution in [2.75, 3.05) is 25.2 Å². The highest BCUT2D eigenvalue weighted by molar-refractivity contribution is 9.10. The molecule has 0 aliphatic carbocycles. The van der Waals surface area contributed by atoms with Gasteiger partial charge in [0.1, 0.15) is 5.82 Å². The Balaban J connectivity index is 2.96. The third-order valence-corrected chi connectivity index (χ3v) is 4.06. The van der Waals surface area contributed by atoms with Crippen LogP contribution in [0.4, 0.5) is 5.82 Å². The summed E-state index contributed by atoms with van der Waals surface area (Å²) in [6.45, 7) is 8.08. The second-order valence-corrected chi connectivity index (χ2v) is 5.25. The first kappa shape index (κ1) is 15.4. The van der Waals surface area contributed by atoms with Gasteiger partial charge in [-0.15, -0.1) is 0 Å². The fraction of sp³-hybridized carbons (Fsp3) is 0.643. The van der Waals surface area contributed by atoms with E-state index >= 15 is 0 Å². The van der Waals surface area contributed by atoms with E-state index in [1.165, 1.54) is 0 Å². The van der Waals surface area contributed by atoms with Crippen molar-refractivity contribution in [3.63, 3.8) is 0 Å². The third-order valence-electron chi connectivity index (χ3n) is 3.22. The largest absolute Gasteiger partial charge is 0.383 e. The Labute approximate surface area is 119 Å². The molecule has 0 saturated carbocycles. The molecule has 0 radical (unpaired) electrons. The van der Waals surface area contributed by atoms with Crippen molar-refractivity contribution in [1.82, 2.24) is 4.98 Å². The van der Waals surface area contributed by atoms with Gasteiger partial charge in [-0.1, -0.05) is 13.8 Å². The maximum atomic E-state index is 5.21. The molecule has 0 fully saturated rings. The Bertz CT molecular complexity index is 367. The second-order valence-electron chi connectivity index (χ2n) is 4.39. The van der Waals surface area contributed by atoms with E-state index in [0.717, 1.165) is 42.0 Å². The van der Waals surface area contributed by atoms with Crippen molar-refractivity contribution >= 4 is 21.7 Å². The Morgan fingerprint density at radius 2 is 2.00 bits per heavy atom. The van der Waals surface area contributed by atoms with Crippen molar-refractivity contribution in [2.24, 2.45) is 0 Å². The number of hydrogen-bond donors (Lipinski definition) is 0. The van der Waals surface area contributed by atoms with Gasteiger partial charge in [0.05, 0.1) is 12.3 Å². The van der Waals surface area contributed by atoms with Crippen LogP contribution in [0.3, 0.4) is 0 Å². The number of ether oxygens (including phenoxy) is 1. The molecule has 0 aliphatic heterocycles. The summed E-state index contributed by atoms with van der Waals surface area (Å²) in [6, 6.07) is 4.67. The summed E-state index contributed by atoms with van der Waals surface area (Å²) in [5.74, 6) is 1.04. The topological polar surface area (TPSA) is 25.4 Å². The smallest absolute Gasteiger partial charge is 0.129 e. The molecule has 102 valence electrons. The Kier molecular flexibility index (Phi) is 6.65. The molecule has 1 rings (SSSR count). The molecule has 0 saturated heterocycles. The SMILES string of the molecule is CCC(CC)N(CCOC)c1ccc(Br)c(C)n1. The molecule has 18 heavy (non-hydrogen) atoms. The highest BCUT2D eigenvalue weighted by Crippen LogP contribution is 2.22. The van der Waals surface area contributed by atoms with Crippen molar-refractivity contribution in [3.05, 3.63) is 22.3 Å². The number of anilines is 1. The van der Waals surface area contributed by atoms with E-state index in [9.17, 15) is 0 Å². The van der Waals surface area contributed by atoms with Crippen molar-refractivity contribution in [2.45, 2.75) is 39.7 Å². The average Bonchev–Trinajstić information content (AvgIpc) is 2.38. The molecular formula is C14H23BrN2O. The predicted molar refractivity (Wildman–Crippen MR) is 80.3 cm³/mol. The average molecular weight is 315 g/mol. The van der Waals surface area contributed by atoms with Crippen molar-refractivity contribution in [3.8, 4) is 0 Å². The zero-order chi connectivity index (χ0) is 13.5. The molecule has 0 bridgehead atoms. The summed E-state index contributed by atoms with van der Waals surface area (Å²) >= 11 is 3.50. The first-order valence-corrected chi connectivity index (χ1v) is 7.32. The molecule has 4 heteroatoms. The van der Waals surface area contributed by atoms with Gasteiger partial charge >= 0.3 is 0 Å². The van der Waals surface area contributed by atoms with Crippen LogP contribution in [-0.4, -0.2) is 31.3 Å². The normalized spacial score (nSPS) is 11.0. The lowest BCUT2D eigenvalue weighted by molar-refractivity contribution is 0.202. The summed E-state index contributed by atoms with van der Waals surface area (Å²) < 4.78 is 6.27. The van der Waals surface area contributed by atoms with Gasteiger partial charge in [-0.25, -0.2) is 4.98 Å². The number of halogens is 1. The molecule has 0 unspecified atom stereocenters. The second kappa shape index (κ2) is 7.74. The van der Waals surface area contributed by atoms with Crippen LogP contribution in [0.15, 0.2) is 16.6 Å². The number of aromatic nitrogens is 1. The first-order valence-electron chi connectivity index (χ1n) is 6.52. The van der Waals surface area contributed by atoms with E-state index in [2.05, 4.69) is 51.8 Å². The van der Waals surface area contributed by atoms with E-state index in [-0.39, 0.29) is 0 Å². The molecule has 1 aromatic rings. The number of methoxy groups -OCH3 is 1. The standard InChI is InChI=1S/C14H23BrN2O/c1-5-12(6-2)17(9-10-18-4)14-8-7-13(15)11(3)16-14/h7-8,12H,5-6,9-10H2,1-4H3. The summed E-state index contributed by atoms with van der Waals surface area (Å²) in [5, 5.41) is 0. The molecule has 1 heterocycles. The molecule has 0 N–H and O–H groups in total. The molecule has 0 aliphatic rings. The van der Waals surface area contributed by atoms with Crippen LogP contribution in [0.5, 0.6) is 0 Å². The number of aryl methyl sites for hydroxylation is 1. The highest BCUT2D eigenvalue weighted by atomic mass is 79.9. The van der Waals surface area contributed by atoms with Gasteiger partial charge in [0.2, 0.25) is 0 Å². The molecule has 0 amide bonds. The van der Waals surface area contributed by atoms with Crippen LogP contribution in [-0.2, 0) is 4.74 Å². The van der Waals surface area contributed by atoms with Gasteiger partial charge in [-0.2, -0.15) is 0 Å². The maximum absolute atomic E-state index is 5.21. The quantitative estimate of drug-likeness (QED) is 0.765. The predicted octanol–water partition coefficient (Wildman–Crippen LogP) is 3.79. The van der Waals surface area contributed by atoms with Gasteiger partial charge < -0.3 is 9.64 Å². The summed E-state index contributed by atoms with van der Waals surface area (Å²) in [7, 11) is 1.74. The maximum Gasteiger partial charge on any atom is 0.129 e. The van der Waals surface area contributed by atoms with Crippen LogP contribution in [0, 0.1) is 6.92 Å². The minimum atomic E-state index is 0.522. The fourth-order valence-corrected chi connectivity index (χ4v) is 2.31. The first-order chi connectivity index (χ1) is 8.63. The van der Waals surface area contributed by atoms with Gasteiger partial charge in [-0.3, -0.25) is 0 Å². The highest BCUT2D eigenvalue weighted by Gasteiger charge is 2.17. The monoisotopic (exact) mass is 314 g/mol.